The molecular formula is C14H17F2NO5. The number of carbonyl (C=O) groups excluding carboxylic acids is 2. The summed E-state index contributed by atoms with van der Waals surface area (Å²) in [6.45, 7) is 0.561. The van der Waals surface area contributed by atoms with Crippen LogP contribution in [0, 0.1) is 0 Å². The molecule has 0 spiro atoms. The molecule has 0 aliphatic carbocycles. The smallest absolute Gasteiger partial charge is 0.387 e. The quantitative estimate of drug-likeness (QED) is 0.778. The molecule has 1 aromatic carbocycles. The fourth-order valence-electron chi connectivity index (χ4n) is 1.59. The Balaban J connectivity index is 2.84. The van der Waals surface area contributed by atoms with E-state index < -0.39 is 24.6 Å². The zero-order chi connectivity index (χ0) is 16.7. The molecule has 0 radical (unpaired) electrons. The van der Waals surface area contributed by atoms with E-state index in [1.54, 1.807) is 6.92 Å². The van der Waals surface area contributed by atoms with Crippen molar-refractivity contribution in [1.29, 1.82) is 0 Å². The minimum atomic E-state index is -3.01. The van der Waals surface area contributed by atoms with E-state index in [2.05, 4.69) is 10.1 Å². The number of likely N-dealkylation sites (N-methyl/N-ethyl adjacent to an activating group) is 1. The maximum Gasteiger partial charge on any atom is 0.387 e. The van der Waals surface area contributed by atoms with Gasteiger partial charge in [-0.2, -0.15) is 8.78 Å². The Hall–Kier alpha value is -2.38. The van der Waals surface area contributed by atoms with Crippen molar-refractivity contribution >= 4 is 11.9 Å². The van der Waals surface area contributed by atoms with E-state index >= 15 is 0 Å². The number of alkyl halides is 2. The molecule has 1 aromatic rings. The van der Waals surface area contributed by atoms with Crippen LogP contribution in [0.1, 0.15) is 24.2 Å². The first-order chi connectivity index (χ1) is 10.4. The van der Waals surface area contributed by atoms with Crippen LogP contribution < -0.4 is 14.8 Å². The Kier molecular flexibility index (Phi) is 6.55. The lowest BCUT2D eigenvalue weighted by molar-refractivity contribution is -0.128. The van der Waals surface area contributed by atoms with E-state index in [1.807, 2.05) is 0 Å². The molecule has 1 N–H and O–H groups in total. The third-order valence-corrected chi connectivity index (χ3v) is 2.62. The second-order valence-electron chi connectivity index (χ2n) is 4.19. The van der Waals surface area contributed by atoms with Crippen molar-refractivity contribution in [3.05, 3.63) is 23.8 Å². The van der Waals surface area contributed by atoms with Crippen LogP contribution in [0.5, 0.6) is 11.5 Å². The van der Waals surface area contributed by atoms with Crippen LogP contribution in [0.4, 0.5) is 8.78 Å². The number of benzene rings is 1. The highest BCUT2D eigenvalue weighted by Crippen LogP contribution is 2.29. The molecule has 0 aliphatic heterocycles. The van der Waals surface area contributed by atoms with Crippen LogP contribution in [0.15, 0.2) is 18.2 Å². The van der Waals surface area contributed by atoms with Gasteiger partial charge in [0, 0.05) is 6.54 Å². The summed E-state index contributed by atoms with van der Waals surface area (Å²) in [5, 5.41) is 2.51. The van der Waals surface area contributed by atoms with Crippen molar-refractivity contribution in [3.8, 4) is 11.5 Å². The second kappa shape index (κ2) is 8.16. The molecule has 122 valence electrons. The highest BCUT2D eigenvalue weighted by molar-refractivity contribution is 5.92. The molecule has 0 aromatic heterocycles. The van der Waals surface area contributed by atoms with Crippen LogP contribution in [0.2, 0.25) is 0 Å². The number of ether oxygens (including phenoxy) is 3. The monoisotopic (exact) mass is 317 g/mol. The van der Waals surface area contributed by atoms with Gasteiger partial charge in [0.2, 0.25) is 0 Å². The minimum Gasteiger partial charge on any atom is -0.493 e. The Morgan fingerprint density at radius 1 is 1.27 bits per heavy atom. The minimum absolute atomic E-state index is 0.0413. The summed E-state index contributed by atoms with van der Waals surface area (Å²) >= 11 is 0. The molecule has 0 saturated heterocycles. The van der Waals surface area contributed by atoms with Crippen molar-refractivity contribution in [2.75, 3.05) is 13.7 Å². The number of carbonyl (C=O) groups is 2. The van der Waals surface area contributed by atoms with Gasteiger partial charge in [-0.05, 0) is 32.0 Å². The summed E-state index contributed by atoms with van der Waals surface area (Å²) in [6, 6.07) is 3.61. The first-order valence-corrected chi connectivity index (χ1v) is 6.50. The van der Waals surface area contributed by atoms with E-state index in [0.717, 1.165) is 0 Å². The van der Waals surface area contributed by atoms with Crippen molar-refractivity contribution in [2.24, 2.45) is 0 Å². The van der Waals surface area contributed by atoms with Crippen molar-refractivity contribution in [3.63, 3.8) is 0 Å². The lowest BCUT2D eigenvalue weighted by Crippen LogP contribution is -2.35. The van der Waals surface area contributed by atoms with Crippen LogP contribution >= 0.6 is 0 Å². The SMILES string of the molecule is CCNC(=O)[C@H](C)OC(=O)c1ccc(OC(F)F)c(OC)c1. The van der Waals surface area contributed by atoms with Crippen LogP contribution in [-0.4, -0.2) is 38.2 Å². The van der Waals surface area contributed by atoms with Gasteiger partial charge < -0.3 is 19.5 Å². The van der Waals surface area contributed by atoms with Gasteiger partial charge in [-0.15, -0.1) is 0 Å². The summed E-state index contributed by atoms with van der Waals surface area (Å²) in [6.07, 6.45) is -0.976. The summed E-state index contributed by atoms with van der Waals surface area (Å²) in [5.74, 6) is -1.45. The Morgan fingerprint density at radius 3 is 2.50 bits per heavy atom. The summed E-state index contributed by atoms with van der Waals surface area (Å²) in [4.78, 5) is 23.4. The van der Waals surface area contributed by atoms with Gasteiger partial charge in [0.15, 0.2) is 17.6 Å². The molecule has 8 heteroatoms. The zero-order valence-corrected chi connectivity index (χ0v) is 12.4. The van der Waals surface area contributed by atoms with Gasteiger partial charge >= 0.3 is 12.6 Å². The van der Waals surface area contributed by atoms with E-state index in [-0.39, 0.29) is 17.1 Å². The van der Waals surface area contributed by atoms with E-state index in [4.69, 9.17) is 9.47 Å². The predicted molar refractivity (Wildman–Crippen MR) is 73.2 cm³/mol. The van der Waals surface area contributed by atoms with Crippen LogP contribution in [0.25, 0.3) is 0 Å². The maximum absolute atomic E-state index is 12.2. The molecule has 0 bridgehead atoms. The molecule has 0 fully saturated rings. The first kappa shape index (κ1) is 17.7. The number of halogens is 2. The average molecular weight is 317 g/mol. The van der Waals surface area contributed by atoms with Gasteiger partial charge in [-0.3, -0.25) is 4.79 Å². The number of nitrogens with one attached hydrogen (secondary N) is 1. The molecule has 0 heterocycles. The fraction of sp³-hybridized carbons (Fsp3) is 0.429. The zero-order valence-electron chi connectivity index (χ0n) is 12.4. The first-order valence-electron chi connectivity index (χ1n) is 6.50. The third-order valence-electron chi connectivity index (χ3n) is 2.62. The van der Waals surface area contributed by atoms with Gasteiger partial charge in [0.1, 0.15) is 0 Å². The highest BCUT2D eigenvalue weighted by Gasteiger charge is 2.20. The number of esters is 1. The lowest BCUT2D eigenvalue weighted by Gasteiger charge is -2.14. The molecular weight excluding hydrogens is 300 g/mol. The average Bonchev–Trinajstić information content (AvgIpc) is 2.47. The molecule has 1 rings (SSSR count). The van der Waals surface area contributed by atoms with Crippen molar-refractivity contribution in [1.82, 2.24) is 5.32 Å². The largest absolute Gasteiger partial charge is 0.493 e. The predicted octanol–water partition coefficient (Wildman–Crippen LogP) is 1.98. The van der Waals surface area contributed by atoms with Gasteiger partial charge in [0.05, 0.1) is 12.7 Å². The Labute approximate surface area is 126 Å². The fourth-order valence-corrected chi connectivity index (χ4v) is 1.59. The third kappa shape index (κ3) is 4.87. The molecule has 0 saturated carbocycles. The molecule has 1 atom stereocenters. The molecule has 0 aliphatic rings. The highest BCUT2D eigenvalue weighted by atomic mass is 19.3. The van der Waals surface area contributed by atoms with E-state index in [1.165, 1.54) is 32.2 Å². The summed E-state index contributed by atoms with van der Waals surface area (Å²) < 4.78 is 38.5. The Morgan fingerprint density at radius 2 is 1.95 bits per heavy atom. The topological polar surface area (TPSA) is 73.9 Å². The van der Waals surface area contributed by atoms with Crippen LogP contribution in [0.3, 0.4) is 0 Å². The number of hydrogen-bond acceptors (Lipinski definition) is 5. The number of hydrogen-bond donors (Lipinski definition) is 1. The standard InChI is InChI=1S/C14H17F2NO5/c1-4-17-12(18)8(2)21-13(19)9-5-6-10(22-14(15)16)11(7-9)20-3/h5-8,14H,4H2,1-3H3,(H,17,18)/t8-/m0/s1. The number of methoxy groups -OCH3 is 1. The maximum atomic E-state index is 12.2. The van der Waals surface area contributed by atoms with Gasteiger partial charge in [0.25, 0.3) is 5.91 Å². The number of rotatable bonds is 7. The van der Waals surface area contributed by atoms with E-state index in [9.17, 15) is 18.4 Å². The van der Waals surface area contributed by atoms with Crippen molar-refractivity contribution < 1.29 is 32.6 Å². The number of amides is 1. The molecule has 22 heavy (non-hydrogen) atoms. The van der Waals surface area contributed by atoms with Gasteiger partial charge in [-0.1, -0.05) is 0 Å². The summed E-state index contributed by atoms with van der Waals surface area (Å²) in [7, 11) is 1.25. The van der Waals surface area contributed by atoms with E-state index in [0.29, 0.717) is 6.54 Å². The molecule has 1 amide bonds. The normalized spacial score (nSPS) is 11.7. The van der Waals surface area contributed by atoms with Gasteiger partial charge in [-0.25, -0.2) is 4.79 Å². The molecule has 6 nitrogen and oxygen atoms in total. The van der Waals surface area contributed by atoms with Crippen LogP contribution in [-0.2, 0) is 9.53 Å². The summed E-state index contributed by atoms with van der Waals surface area (Å²) in [5.41, 5.74) is 0.0506. The second-order valence-corrected chi connectivity index (χ2v) is 4.19. The van der Waals surface area contributed by atoms with Crippen molar-refractivity contribution in [2.45, 2.75) is 26.6 Å². The molecule has 0 unspecified atom stereocenters. The lowest BCUT2D eigenvalue weighted by atomic mass is 10.2. The Bertz CT molecular complexity index is 536.